The van der Waals surface area contributed by atoms with E-state index in [9.17, 15) is 18.3 Å². The number of benzene rings is 2. The number of hydrogen-bond donors (Lipinski definition) is 1. The quantitative estimate of drug-likeness (QED) is 0.477. The Morgan fingerprint density at radius 1 is 1.12 bits per heavy atom. The largest absolute Gasteiger partial charge is 0.444 e. The van der Waals surface area contributed by atoms with Gasteiger partial charge in [-0.1, -0.05) is 45.8 Å². The Hall–Kier alpha value is -1.94. The zero-order chi connectivity index (χ0) is 25.1. The summed E-state index contributed by atoms with van der Waals surface area (Å²) >= 11 is 3.40. The van der Waals surface area contributed by atoms with Gasteiger partial charge in [-0.05, 0) is 70.4 Å². The summed E-state index contributed by atoms with van der Waals surface area (Å²) in [6.45, 7) is 7.44. The van der Waals surface area contributed by atoms with Gasteiger partial charge in [0.1, 0.15) is 11.2 Å². The normalized spacial score (nSPS) is 18.5. The highest BCUT2D eigenvalue weighted by Gasteiger charge is 2.47. The average molecular weight is 555 g/mol. The van der Waals surface area contributed by atoms with Crippen molar-refractivity contribution in [2.45, 2.75) is 69.1 Å². The number of aliphatic hydroxyl groups is 1. The van der Waals surface area contributed by atoms with Crippen LogP contribution >= 0.6 is 15.9 Å². The van der Waals surface area contributed by atoms with Gasteiger partial charge in [0, 0.05) is 17.4 Å². The van der Waals surface area contributed by atoms with E-state index in [4.69, 9.17) is 8.92 Å². The number of amides is 1. The van der Waals surface area contributed by atoms with Gasteiger partial charge in [0.15, 0.2) is 0 Å². The van der Waals surface area contributed by atoms with Gasteiger partial charge in [0.2, 0.25) is 0 Å². The van der Waals surface area contributed by atoms with Crippen LogP contribution in [0.25, 0.3) is 0 Å². The van der Waals surface area contributed by atoms with E-state index < -0.39 is 33.5 Å². The second-order valence-electron chi connectivity index (χ2n) is 9.60. The van der Waals surface area contributed by atoms with Gasteiger partial charge >= 0.3 is 6.09 Å². The number of likely N-dealkylation sites (tertiary alicyclic amines) is 1. The predicted octanol–water partition coefficient (Wildman–Crippen LogP) is 5.14. The Morgan fingerprint density at radius 3 is 2.32 bits per heavy atom. The summed E-state index contributed by atoms with van der Waals surface area (Å²) in [5.41, 5.74) is -0.693. The highest BCUT2D eigenvalue weighted by atomic mass is 79.9. The second kappa shape index (κ2) is 10.4. The molecule has 0 bridgehead atoms. The Bertz CT molecular complexity index is 1100. The topological polar surface area (TPSA) is 93.1 Å². The van der Waals surface area contributed by atoms with E-state index in [0.29, 0.717) is 24.9 Å². The van der Waals surface area contributed by atoms with E-state index in [0.717, 1.165) is 10.0 Å². The van der Waals surface area contributed by atoms with Crippen molar-refractivity contribution in [2.24, 2.45) is 0 Å². The SMILES string of the molecule is Cc1ccc(S(=O)(=O)OCCC(O)(c2ccc(Br)cc2)C2CCCN2C(=O)OC(C)(C)C)cc1. The molecule has 1 heterocycles. The van der Waals surface area contributed by atoms with E-state index in [1.165, 1.54) is 12.1 Å². The van der Waals surface area contributed by atoms with Crippen molar-refractivity contribution >= 4 is 32.1 Å². The van der Waals surface area contributed by atoms with Crippen LogP contribution in [-0.2, 0) is 24.6 Å². The Labute approximate surface area is 210 Å². The lowest BCUT2D eigenvalue weighted by atomic mass is 9.82. The number of rotatable bonds is 7. The summed E-state index contributed by atoms with van der Waals surface area (Å²) in [5, 5.41) is 12.0. The third-order valence-electron chi connectivity index (χ3n) is 5.81. The van der Waals surface area contributed by atoms with Gasteiger partial charge < -0.3 is 14.7 Å². The van der Waals surface area contributed by atoms with Gasteiger partial charge in [0.05, 0.1) is 17.5 Å². The number of halogens is 1. The number of ether oxygens (including phenoxy) is 1. The second-order valence-corrected chi connectivity index (χ2v) is 12.1. The van der Waals surface area contributed by atoms with Crippen LogP contribution in [0.2, 0.25) is 0 Å². The van der Waals surface area contributed by atoms with Crippen molar-refractivity contribution in [1.29, 1.82) is 0 Å². The molecule has 0 aromatic heterocycles. The van der Waals surface area contributed by atoms with Crippen molar-refractivity contribution in [2.75, 3.05) is 13.2 Å². The van der Waals surface area contributed by atoms with Crippen molar-refractivity contribution in [3.8, 4) is 0 Å². The maximum absolute atomic E-state index is 12.9. The molecule has 1 aliphatic heterocycles. The summed E-state index contributed by atoms with van der Waals surface area (Å²) in [6, 6.07) is 12.9. The van der Waals surface area contributed by atoms with Crippen LogP contribution < -0.4 is 0 Å². The fourth-order valence-electron chi connectivity index (χ4n) is 4.12. The molecule has 1 aliphatic rings. The molecular formula is C25H32BrNO6S. The number of hydrogen-bond acceptors (Lipinski definition) is 6. The standard InChI is InChI=1S/C25H32BrNO6S/c1-18-7-13-21(14-8-18)34(30,31)32-17-15-25(29,19-9-11-20(26)12-10-19)22-6-5-16-27(22)23(28)33-24(2,3)4/h7-14,22,29H,5-6,15-17H2,1-4H3. The molecule has 1 saturated heterocycles. The Morgan fingerprint density at radius 2 is 1.74 bits per heavy atom. The van der Waals surface area contributed by atoms with E-state index >= 15 is 0 Å². The van der Waals surface area contributed by atoms with E-state index in [2.05, 4.69) is 15.9 Å². The molecular weight excluding hydrogens is 522 g/mol. The van der Waals surface area contributed by atoms with Crippen LogP contribution in [0.1, 0.15) is 51.2 Å². The molecule has 1 fully saturated rings. The maximum atomic E-state index is 12.9. The lowest BCUT2D eigenvalue weighted by molar-refractivity contribution is -0.0590. The van der Waals surface area contributed by atoms with E-state index in [1.54, 1.807) is 62.1 Å². The molecule has 0 aliphatic carbocycles. The molecule has 2 unspecified atom stereocenters. The number of aryl methyl sites for hydroxylation is 1. The first-order valence-electron chi connectivity index (χ1n) is 11.3. The molecule has 2 aromatic rings. The minimum absolute atomic E-state index is 0.0241. The lowest BCUT2D eigenvalue weighted by Crippen LogP contribution is -2.51. The minimum Gasteiger partial charge on any atom is -0.444 e. The zero-order valence-corrected chi connectivity index (χ0v) is 22.4. The molecule has 0 radical (unpaired) electrons. The van der Waals surface area contributed by atoms with Gasteiger partial charge in [0.25, 0.3) is 10.1 Å². The minimum atomic E-state index is -3.99. The molecule has 1 N–H and O–H groups in total. The summed E-state index contributed by atoms with van der Waals surface area (Å²) in [6.07, 6.45) is 0.726. The maximum Gasteiger partial charge on any atom is 0.410 e. The summed E-state index contributed by atoms with van der Waals surface area (Å²) in [7, 11) is -3.99. The van der Waals surface area contributed by atoms with Crippen molar-refractivity contribution in [3.63, 3.8) is 0 Å². The van der Waals surface area contributed by atoms with E-state index in [1.807, 2.05) is 6.92 Å². The summed E-state index contributed by atoms with van der Waals surface area (Å²) < 4.78 is 37.0. The molecule has 2 aromatic carbocycles. The number of nitrogens with zero attached hydrogens (tertiary/aromatic N) is 1. The summed E-state index contributed by atoms with van der Waals surface area (Å²) in [4.78, 5) is 14.5. The first-order valence-corrected chi connectivity index (χ1v) is 13.5. The van der Waals surface area contributed by atoms with Crippen LogP contribution in [-0.4, -0.2) is 49.3 Å². The molecule has 2 atom stereocenters. The molecule has 0 saturated carbocycles. The predicted molar refractivity (Wildman–Crippen MR) is 133 cm³/mol. The van der Waals surface area contributed by atoms with Gasteiger partial charge in [-0.3, -0.25) is 4.18 Å². The Balaban J connectivity index is 1.85. The smallest absolute Gasteiger partial charge is 0.410 e. The van der Waals surface area contributed by atoms with Gasteiger partial charge in [-0.15, -0.1) is 0 Å². The molecule has 34 heavy (non-hydrogen) atoms. The molecule has 186 valence electrons. The van der Waals surface area contributed by atoms with E-state index in [-0.39, 0.29) is 17.9 Å². The van der Waals surface area contributed by atoms with Crippen LogP contribution in [0.15, 0.2) is 57.9 Å². The van der Waals surface area contributed by atoms with Gasteiger partial charge in [-0.2, -0.15) is 8.42 Å². The number of carbonyl (C=O) groups is 1. The van der Waals surface area contributed by atoms with Crippen molar-refractivity contribution in [1.82, 2.24) is 4.90 Å². The number of carbonyl (C=O) groups excluding carboxylic acids is 1. The molecule has 1 amide bonds. The summed E-state index contributed by atoms with van der Waals surface area (Å²) in [5.74, 6) is 0. The lowest BCUT2D eigenvalue weighted by Gasteiger charge is -2.40. The molecule has 7 nitrogen and oxygen atoms in total. The van der Waals surface area contributed by atoms with Crippen LogP contribution in [0, 0.1) is 6.92 Å². The van der Waals surface area contributed by atoms with Crippen LogP contribution in [0.5, 0.6) is 0 Å². The first kappa shape index (κ1) is 26.7. The fraction of sp³-hybridized carbons (Fsp3) is 0.480. The van der Waals surface area contributed by atoms with Crippen molar-refractivity contribution < 1.29 is 27.2 Å². The average Bonchev–Trinajstić information content (AvgIpc) is 3.24. The van der Waals surface area contributed by atoms with Crippen molar-refractivity contribution in [3.05, 3.63) is 64.1 Å². The molecule has 9 heteroatoms. The highest BCUT2D eigenvalue weighted by Crippen LogP contribution is 2.39. The first-order chi connectivity index (χ1) is 15.8. The fourth-order valence-corrected chi connectivity index (χ4v) is 5.30. The van der Waals surface area contributed by atoms with Crippen LogP contribution in [0.4, 0.5) is 4.79 Å². The molecule has 0 spiro atoms. The molecule has 3 rings (SSSR count). The monoisotopic (exact) mass is 553 g/mol. The Kier molecular flexibility index (Phi) is 8.12. The van der Waals surface area contributed by atoms with Gasteiger partial charge in [-0.25, -0.2) is 4.79 Å². The highest BCUT2D eigenvalue weighted by molar-refractivity contribution is 9.10. The zero-order valence-electron chi connectivity index (χ0n) is 20.0. The third-order valence-corrected chi connectivity index (χ3v) is 7.66. The van der Waals surface area contributed by atoms with Crippen LogP contribution in [0.3, 0.4) is 0 Å². The third kappa shape index (κ3) is 6.38.